The minimum absolute atomic E-state index is 0.109. The second-order valence-electron chi connectivity index (χ2n) is 8.25. The SMILES string of the molecule is O=C(c1ccccc1)C1CCN(CC(=O)N(C2CCCC2)C2CC2)CC1. The van der Waals surface area contributed by atoms with E-state index in [4.69, 9.17) is 0 Å². The lowest BCUT2D eigenvalue weighted by Gasteiger charge is -2.35. The lowest BCUT2D eigenvalue weighted by Crippen LogP contribution is -2.48. The summed E-state index contributed by atoms with van der Waals surface area (Å²) in [5.74, 6) is 0.701. The van der Waals surface area contributed by atoms with Gasteiger partial charge in [-0.05, 0) is 51.6 Å². The van der Waals surface area contributed by atoms with Crippen molar-refractivity contribution >= 4 is 11.7 Å². The van der Waals surface area contributed by atoms with Crippen LogP contribution in [0.5, 0.6) is 0 Å². The highest BCUT2D eigenvalue weighted by Gasteiger charge is 2.39. The molecule has 2 aliphatic carbocycles. The number of ketones is 1. The molecule has 1 saturated heterocycles. The average molecular weight is 354 g/mol. The summed E-state index contributed by atoms with van der Waals surface area (Å²) >= 11 is 0. The summed E-state index contributed by atoms with van der Waals surface area (Å²) in [4.78, 5) is 30.0. The molecule has 26 heavy (non-hydrogen) atoms. The smallest absolute Gasteiger partial charge is 0.237 e. The number of benzene rings is 1. The molecule has 1 aromatic rings. The van der Waals surface area contributed by atoms with Crippen LogP contribution in [0.1, 0.15) is 61.7 Å². The van der Waals surface area contributed by atoms with Crippen molar-refractivity contribution in [1.29, 1.82) is 0 Å². The standard InChI is InChI=1S/C22H30N2O2/c25-21(24(20-10-11-20)19-8-4-5-9-19)16-23-14-12-18(13-15-23)22(26)17-6-2-1-3-7-17/h1-3,6-7,18-20H,4-5,8-16H2. The van der Waals surface area contributed by atoms with Gasteiger partial charge in [0.25, 0.3) is 0 Å². The van der Waals surface area contributed by atoms with Gasteiger partial charge in [-0.15, -0.1) is 0 Å². The number of likely N-dealkylation sites (tertiary alicyclic amines) is 1. The lowest BCUT2D eigenvalue weighted by molar-refractivity contribution is -0.135. The first-order chi connectivity index (χ1) is 12.7. The number of rotatable bonds is 6. The molecule has 4 nitrogen and oxygen atoms in total. The zero-order valence-corrected chi connectivity index (χ0v) is 15.6. The number of hydrogen-bond acceptors (Lipinski definition) is 3. The van der Waals surface area contributed by atoms with Gasteiger partial charge in [0.1, 0.15) is 0 Å². The number of amides is 1. The first-order valence-corrected chi connectivity index (χ1v) is 10.3. The predicted molar refractivity (Wildman–Crippen MR) is 102 cm³/mol. The first kappa shape index (κ1) is 17.7. The fraction of sp³-hybridized carbons (Fsp3) is 0.636. The maximum Gasteiger partial charge on any atom is 0.237 e. The van der Waals surface area contributed by atoms with Crippen molar-refractivity contribution in [1.82, 2.24) is 9.80 Å². The summed E-state index contributed by atoms with van der Waals surface area (Å²) < 4.78 is 0. The monoisotopic (exact) mass is 354 g/mol. The van der Waals surface area contributed by atoms with Gasteiger partial charge in [0.05, 0.1) is 6.54 Å². The molecule has 2 saturated carbocycles. The normalized spacial score (nSPS) is 22.5. The largest absolute Gasteiger partial charge is 0.336 e. The Balaban J connectivity index is 1.29. The Labute approximate surface area is 156 Å². The van der Waals surface area contributed by atoms with Crippen LogP contribution in [0.3, 0.4) is 0 Å². The molecule has 1 heterocycles. The molecule has 3 fully saturated rings. The van der Waals surface area contributed by atoms with Gasteiger partial charge in [-0.2, -0.15) is 0 Å². The quantitative estimate of drug-likeness (QED) is 0.734. The molecule has 140 valence electrons. The summed E-state index contributed by atoms with van der Waals surface area (Å²) in [6.45, 7) is 2.26. The number of carbonyl (C=O) groups excluding carboxylic acids is 2. The van der Waals surface area contributed by atoms with E-state index in [0.717, 1.165) is 31.5 Å². The van der Waals surface area contributed by atoms with E-state index in [0.29, 0.717) is 24.5 Å². The second kappa shape index (κ2) is 7.91. The molecule has 3 aliphatic rings. The number of nitrogens with zero attached hydrogens (tertiary/aromatic N) is 2. The third-order valence-electron chi connectivity index (χ3n) is 6.32. The summed E-state index contributed by atoms with van der Waals surface area (Å²) in [5.41, 5.74) is 0.822. The molecular weight excluding hydrogens is 324 g/mol. The van der Waals surface area contributed by atoms with Crippen LogP contribution < -0.4 is 0 Å². The van der Waals surface area contributed by atoms with Crippen molar-refractivity contribution in [3.05, 3.63) is 35.9 Å². The van der Waals surface area contributed by atoms with Crippen LogP contribution in [-0.2, 0) is 4.79 Å². The van der Waals surface area contributed by atoms with Crippen molar-refractivity contribution in [2.75, 3.05) is 19.6 Å². The number of hydrogen-bond donors (Lipinski definition) is 0. The molecule has 0 bridgehead atoms. The van der Waals surface area contributed by atoms with Gasteiger partial charge in [0.15, 0.2) is 5.78 Å². The van der Waals surface area contributed by atoms with Crippen LogP contribution in [0.4, 0.5) is 0 Å². The van der Waals surface area contributed by atoms with Crippen LogP contribution in [-0.4, -0.2) is 53.2 Å². The molecule has 0 N–H and O–H groups in total. The Morgan fingerprint density at radius 1 is 0.885 bits per heavy atom. The molecule has 4 rings (SSSR count). The van der Waals surface area contributed by atoms with Crippen LogP contribution in [0, 0.1) is 5.92 Å². The average Bonchev–Trinajstić information content (AvgIpc) is 3.36. The molecule has 0 atom stereocenters. The van der Waals surface area contributed by atoms with Crippen molar-refractivity contribution < 1.29 is 9.59 Å². The van der Waals surface area contributed by atoms with E-state index in [1.165, 1.54) is 38.5 Å². The van der Waals surface area contributed by atoms with Crippen LogP contribution in [0.15, 0.2) is 30.3 Å². The van der Waals surface area contributed by atoms with Crippen molar-refractivity contribution in [2.24, 2.45) is 5.92 Å². The van der Waals surface area contributed by atoms with Gasteiger partial charge in [0.2, 0.25) is 5.91 Å². The van der Waals surface area contributed by atoms with Gasteiger partial charge < -0.3 is 4.90 Å². The van der Waals surface area contributed by atoms with Crippen molar-refractivity contribution in [2.45, 2.75) is 63.5 Å². The number of piperidine rings is 1. The van der Waals surface area contributed by atoms with Gasteiger partial charge >= 0.3 is 0 Å². The Morgan fingerprint density at radius 2 is 1.50 bits per heavy atom. The molecular formula is C22H30N2O2. The fourth-order valence-electron chi connectivity index (χ4n) is 4.70. The fourth-order valence-corrected chi connectivity index (χ4v) is 4.70. The Morgan fingerprint density at radius 3 is 2.12 bits per heavy atom. The highest BCUT2D eigenvalue weighted by molar-refractivity contribution is 5.97. The Hall–Kier alpha value is -1.68. The first-order valence-electron chi connectivity index (χ1n) is 10.3. The minimum atomic E-state index is 0.109. The predicted octanol–water partition coefficient (Wildman–Crippen LogP) is 3.51. The van der Waals surface area contributed by atoms with E-state index in [2.05, 4.69) is 9.80 Å². The lowest BCUT2D eigenvalue weighted by atomic mass is 9.89. The molecule has 0 radical (unpaired) electrons. The highest BCUT2D eigenvalue weighted by Crippen LogP contribution is 2.34. The van der Waals surface area contributed by atoms with E-state index in [9.17, 15) is 9.59 Å². The second-order valence-corrected chi connectivity index (χ2v) is 8.25. The molecule has 1 amide bonds. The van der Waals surface area contributed by atoms with E-state index < -0.39 is 0 Å². The molecule has 1 aromatic carbocycles. The Bertz CT molecular complexity index is 627. The van der Waals surface area contributed by atoms with E-state index in [1.807, 2.05) is 30.3 Å². The van der Waals surface area contributed by atoms with Gasteiger partial charge in [-0.25, -0.2) is 0 Å². The molecule has 0 spiro atoms. The number of Topliss-reactive ketones (excluding diaryl/α,β-unsaturated/α-hetero) is 1. The van der Waals surface area contributed by atoms with Crippen molar-refractivity contribution in [3.63, 3.8) is 0 Å². The van der Waals surface area contributed by atoms with E-state index in [1.54, 1.807) is 0 Å². The topological polar surface area (TPSA) is 40.6 Å². The molecule has 0 aromatic heterocycles. The summed E-state index contributed by atoms with van der Waals surface area (Å²) in [5, 5.41) is 0. The summed E-state index contributed by atoms with van der Waals surface area (Å²) in [6, 6.07) is 10.6. The maximum atomic E-state index is 12.9. The van der Waals surface area contributed by atoms with E-state index >= 15 is 0 Å². The van der Waals surface area contributed by atoms with Crippen LogP contribution >= 0.6 is 0 Å². The molecule has 4 heteroatoms. The zero-order valence-electron chi connectivity index (χ0n) is 15.6. The maximum absolute atomic E-state index is 12.9. The van der Waals surface area contributed by atoms with E-state index in [-0.39, 0.29) is 11.7 Å². The summed E-state index contributed by atoms with van der Waals surface area (Å²) in [7, 11) is 0. The van der Waals surface area contributed by atoms with Gasteiger partial charge in [0, 0.05) is 23.6 Å². The third-order valence-corrected chi connectivity index (χ3v) is 6.32. The van der Waals surface area contributed by atoms with Gasteiger partial charge in [-0.1, -0.05) is 43.2 Å². The number of carbonyl (C=O) groups is 2. The van der Waals surface area contributed by atoms with Gasteiger partial charge in [-0.3, -0.25) is 14.5 Å². The third kappa shape index (κ3) is 4.01. The summed E-state index contributed by atoms with van der Waals surface area (Å²) in [6.07, 6.45) is 9.04. The van der Waals surface area contributed by atoms with Crippen LogP contribution in [0.25, 0.3) is 0 Å². The van der Waals surface area contributed by atoms with Crippen LogP contribution in [0.2, 0.25) is 0 Å². The van der Waals surface area contributed by atoms with Crippen molar-refractivity contribution in [3.8, 4) is 0 Å². The Kier molecular flexibility index (Phi) is 5.39. The zero-order chi connectivity index (χ0) is 17.9. The molecule has 1 aliphatic heterocycles. The molecule has 0 unspecified atom stereocenters. The minimum Gasteiger partial charge on any atom is -0.336 e. The highest BCUT2D eigenvalue weighted by atomic mass is 16.2.